The van der Waals surface area contributed by atoms with Crippen molar-refractivity contribution in [2.75, 3.05) is 24.5 Å². The highest BCUT2D eigenvalue weighted by Crippen LogP contribution is 2.39. The van der Waals surface area contributed by atoms with Crippen LogP contribution in [0.2, 0.25) is 0 Å². The average Bonchev–Trinajstić information content (AvgIpc) is 3.42. The number of aromatic amines is 1. The lowest BCUT2D eigenvalue weighted by Crippen LogP contribution is -2.44. The quantitative estimate of drug-likeness (QED) is 0.293. The summed E-state index contributed by atoms with van der Waals surface area (Å²) in [6.07, 6.45) is -0.0556. The normalized spacial score (nSPS) is 22.4. The molecule has 2 fully saturated rings. The summed E-state index contributed by atoms with van der Waals surface area (Å²) in [7, 11) is -8.99. The number of benzene rings is 1. The zero-order valence-electron chi connectivity index (χ0n) is 16.7. The fourth-order valence-electron chi connectivity index (χ4n) is 3.89. The summed E-state index contributed by atoms with van der Waals surface area (Å²) in [6.45, 7) is 1.17. The molecule has 0 aliphatic carbocycles. The predicted octanol–water partition coefficient (Wildman–Crippen LogP) is -2.36. The van der Waals surface area contributed by atoms with Gasteiger partial charge < -0.3 is 15.3 Å². The second kappa shape index (κ2) is 8.45. The van der Waals surface area contributed by atoms with Gasteiger partial charge in [-0.3, -0.25) is 4.79 Å². The van der Waals surface area contributed by atoms with Crippen LogP contribution in [0.4, 0.5) is 5.69 Å². The first-order valence-electron chi connectivity index (χ1n) is 9.75. The zero-order valence-corrected chi connectivity index (χ0v) is 18.4. The predicted molar refractivity (Wildman–Crippen MR) is 110 cm³/mol. The van der Waals surface area contributed by atoms with Gasteiger partial charge in [-0.05, 0) is 43.2 Å². The second-order valence-corrected chi connectivity index (χ2v) is 10.7. The maximum atomic E-state index is 13.1. The molecule has 0 bridgehead atoms. The molecule has 2 saturated heterocycles. The molecule has 1 amide bonds. The van der Waals surface area contributed by atoms with E-state index in [0.29, 0.717) is 25.9 Å². The average molecular weight is 487 g/mol. The minimum absolute atomic E-state index is 0.000609. The van der Waals surface area contributed by atoms with Crippen molar-refractivity contribution >= 4 is 31.6 Å². The lowest BCUT2D eigenvalue weighted by Gasteiger charge is -2.31. The number of carbonyl (C=O) groups excluding carboxylic acids is 1. The Morgan fingerprint density at radius 3 is 2.62 bits per heavy atom. The Labute approximate surface area is 183 Å². The van der Waals surface area contributed by atoms with E-state index in [2.05, 4.69) is 30.7 Å². The van der Waals surface area contributed by atoms with Gasteiger partial charge in [0.15, 0.2) is 0 Å². The number of nitrogens with zero attached hydrogens (tertiary/aromatic N) is 4. The Balaban J connectivity index is 1.96. The Kier molecular flexibility index (Phi) is 5.99. The van der Waals surface area contributed by atoms with Crippen molar-refractivity contribution in [1.82, 2.24) is 30.7 Å². The van der Waals surface area contributed by atoms with E-state index in [4.69, 9.17) is 5.14 Å². The molecule has 32 heavy (non-hydrogen) atoms. The summed E-state index contributed by atoms with van der Waals surface area (Å²) in [4.78, 5) is 12.4. The molecular weight excluding hydrogens is 464 g/mol. The van der Waals surface area contributed by atoms with E-state index >= 15 is 0 Å². The summed E-state index contributed by atoms with van der Waals surface area (Å²) in [6, 6.07) is 1.91. The summed E-state index contributed by atoms with van der Waals surface area (Å²) < 4.78 is 54.1. The Morgan fingerprint density at radius 1 is 1.22 bits per heavy atom. The Hall–Kier alpha value is -2.50. The molecule has 4 rings (SSSR count). The molecule has 2 aromatic rings. The van der Waals surface area contributed by atoms with Crippen LogP contribution in [0.1, 0.15) is 19.3 Å². The van der Waals surface area contributed by atoms with Crippen molar-refractivity contribution in [1.29, 1.82) is 0 Å². The topological polar surface area (TPSA) is 213 Å². The molecule has 1 aromatic carbocycles. The Bertz CT molecular complexity index is 1230. The van der Waals surface area contributed by atoms with Gasteiger partial charge in [-0.2, -0.15) is 5.21 Å². The number of nitrogens with two attached hydrogens (primary N) is 1. The number of aromatic nitrogens is 4. The molecule has 2 unspecified atom stereocenters. The highest BCUT2D eigenvalue weighted by atomic mass is 32.2. The van der Waals surface area contributed by atoms with Crippen molar-refractivity contribution in [3.63, 3.8) is 0 Å². The maximum absolute atomic E-state index is 13.1. The van der Waals surface area contributed by atoms with Crippen LogP contribution >= 0.6 is 0 Å². The number of tetrazole rings is 1. The molecule has 14 nitrogen and oxygen atoms in total. The smallest absolute Gasteiger partial charge is 0.255 e. The van der Waals surface area contributed by atoms with E-state index < -0.39 is 47.9 Å². The standard InChI is InChI=1S/C16H22N8O6S2/c17-31(27,28)14-12(32(29,30)21-9-5-6-18-8-9)4-3-10(13(14)15-19-22-23-20-15)24-7-1-2-11(25)16(24)26/h3-4,9,11,18,21,25H,1-2,5-8H2,(H2,17,27,28)(H,19,20,22,23). The number of sulfonamides is 2. The number of aliphatic hydroxyl groups is 1. The van der Waals surface area contributed by atoms with Crippen LogP contribution in [-0.4, -0.2) is 80.3 Å². The van der Waals surface area contributed by atoms with Crippen molar-refractivity contribution in [2.45, 2.75) is 41.2 Å². The van der Waals surface area contributed by atoms with Gasteiger partial charge in [0.2, 0.25) is 25.9 Å². The largest absolute Gasteiger partial charge is 0.383 e. The number of primary sulfonamides is 1. The molecule has 2 aliphatic heterocycles. The monoisotopic (exact) mass is 486 g/mol. The molecule has 3 heterocycles. The van der Waals surface area contributed by atoms with Gasteiger partial charge in [0.05, 0.1) is 11.3 Å². The van der Waals surface area contributed by atoms with E-state index in [0.717, 1.165) is 6.07 Å². The number of piperidine rings is 1. The van der Waals surface area contributed by atoms with Crippen LogP contribution in [0.15, 0.2) is 21.9 Å². The van der Waals surface area contributed by atoms with E-state index in [1.54, 1.807) is 0 Å². The highest BCUT2D eigenvalue weighted by Gasteiger charge is 2.37. The van der Waals surface area contributed by atoms with Gasteiger partial charge >= 0.3 is 0 Å². The lowest BCUT2D eigenvalue weighted by molar-refractivity contribution is -0.128. The minimum Gasteiger partial charge on any atom is -0.383 e. The lowest BCUT2D eigenvalue weighted by atomic mass is 10.0. The van der Waals surface area contributed by atoms with Crippen LogP contribution in [0.3, 0.4) is 0 Å². The van der Waals surface area contributed by atoms with Crippen LogP contribution in [0, 0.1) is 0 Å². The van der Waals surface area contributed by atoms with Gasteiger partial charge in [0.25, 0.3) is 5.91 Å². The van der Waals surface area contributed by atoms with Gasteiger partial charge in [-0.1, -0.05) is 0 Å². The van der Waals surface area contributed by atoms with E-state index in [1.807, 2.05) is 0 Å². The molecule has 2 atom stereocenters. The number of carbonyl (C=O) groups is 1. The summed E-state index contributed by atoms with van der Waals surface area (Å²) in [5.41, 5.74) is -0.295. The van der Waals surface area contributed by atoms with Crippen molar-refractivity contribution in [3.05, 3.63) is 12.1 Å². The molecule has 0 spiro atoms. The highest BCUT2D eigenvalue weighted by molar-refractivity contribution is 7.92. The first kappa shape index (κ1) is 22.7. The molecule has 174 valence electrons. The third kappa shape index (κ3) is 4.24. The van der Waals surface area contributed by atoms with Crippen molar-refractivity contribution in [3.8, 4) is 11.4 Å². The number of anilines is 1. The zero-order chi connectivity index (χ0) is 23.1. The van der Waals surface area contributed by atoms with Crippen molar-refractivity contribution < 1.29 is 26.7 Å². The Morgan fingerprint density at radius 2 is 2.00 bits per heavy atom. The number of hydrogen-bond donors (Lipinski definition) is 5. The number of hydrogen-bond acceptors (Lipinski definition) is 10. The van der Waals surface area contributed by atoms with Crippen LogP contribution in [0.25, 0.3) is 11.4 Å². The SMILES string of the molecule is NS(=O)(=O)c1c(S(=O)(=O)NC2CCNC2)ccc(N2CCCC(O)C2=O)c1-c1nn[nH]n1. The van der Waals surface area contributed by atoms with E-state index in [9.17, 15) is 26.7 Å². The third-order valence-electron chi connectivity index (χ3n) is 5.33. The maximum Gasteiger partial charge on any atom is 0.255 e. The van der Waals surface area contributed by atoms with Crippen LogP contribution < -0.4 is 20.1 Å². The second-order valence-electron chi connectivity index (χ2n) is 7.53. The van der Waals surface area contributed by atoms with Gasteiger partial charge in [0, 0.05) is 19.1 Å². The number of aliphatic hydroxyl groups excluding tert-OH is 1. The van der Waals surface area contributed by atoms with Crippen LogP contribution in [0.5, 0.6) is 0 Å². The minimum atomic E-state index is -4.66. The first-order chi connectivity index (χ1) is 15.1. The molecule has 1 aromatic heterocycles. The molecular formula is C16H22N8O6S2. The number of rotatable bonds is 6. The van der Waals surface area contributed by atoms with Gasteiger partial charge in [-0.15, -0.1) is 10.2 Å². The molecule has 2 aliphatic rings. The molecule has 16 heteroatoms. The number of nitrogens with one attached hydrogen (secondary N) is 3. The number of H-pyrrole nitrogens is 1. The van der Waals surface area contributed by atoms with E-state index in [1.165, 1.54) is 11.0 Å². The van der Waals surface area contributed by atoms with Gasteiger partial charge in [-0.25, -0.2) is 26.7 Å². The van der Waals surface area contributed by atoms with E-state index in [-0.39, 0.29) is 30.0 Å². The fraction of sp³-hybridized carbons (Fsp3) is 0.500. The number of amides is 1. The molecule has 0 radical (unpaired) electrons. The van der Waals surface area contributed by atoms with Crippen molar-refractivity contribution in [2.24, 2.45) is 5.14 Å². The molecule has 6 N–H and O–H groups in total. The summed E-state index contributed by atoms with van der Waals surface area (Å²) in [5, 5.41) is 31.7. The molecule has 0 saturated carbocycles. The summed E-state index contributed by atoms with van der Waals surface area (Å²) >= 11 is 0. The summed E-state index contributed by atoms with van der Waals surface area (Å²) in [5.74, 6) is -0.927. The fourth-order valence-corrected chi connectivity index (χ4v) is 6.76. The first-order valence-corrected chi connectivity index (χ1v) is 12.8. The third-order valence-corrected chi connectivity index (χ3v) is 8.01. The van der Waals surface area contributed by atoms with Gasteiger partial charge in [0.1, 0.15) is 15.9 Å². The van der Waals surface area contributed by atoms with Crippen LogP contribution in [-0.2, 0) is 24.8 Å².